The van der Waals surface area contributed by atoms with Crippen LogP contribution in [0.2, 0.25) is 20.1 Å². The van der Waals surface area contributed by atoms with E-state index in [1.54, 1.807) is 0 Å². The van der Waals surface area contributed by atoms with Gasteiger partial charge >= 0.3 is 0 Å². The molecule has 0 heterocycles. The summed E-state index contributed by atoms with van der Waals surface area (Å²) in [6.07, 6.45) is 0. The second-order valence-corrected chi connectivity index (χ2v) is 9.28. The fourth-order valence-corrected chi connectivity index (χ4v) is 5.57. The maximum Gasteiger partial charge on any atom is 0.283 e. The van der Waals surface area contributed by atoms with Gasteiger partial charge in [0, 0.05) is 32.8 Å². The van der Waals surface area contributed by atoms with Gasteiger partial charge in [0.2, 0.25) is 0 Å². The molecule has 3 aromatic rings. The van der Waals surface area contributed by atoms with Crippen LogP contribution < -0.4 is 0 Å². The molecule has 3 aromatic carbocycles. The molecule has 0 radical (unpaired) electrons. The van der Waals surface area contributed by atoms with Crippen LogP contribution in [0.1, 0.15) is 16.7 Å². The van der Waals surface area contributed by atoms with Crippen molar-refractivity contribution in [3.05, 3.63) is 91.4 Å². The molecule has 0 fully saturated rings. The van der Waals surface area contributed by atoms with Crippen molar-refractivity contribution < 1.29 is 23.2 Å². The first-order valence-electron chi connectivity index (χ1n) is 7.89. The number of hydrogen-bond acceptors (Lipinski definition) is 4. The summed E-state index contributed by atoms with van der Waals surface area (Å²) in [6, 6.07) is 11.5. The summed E-state index contributed by atoms with van der Waals surface area (Å²) in [4.78, 5) is 0. The first-order valence-corrected chi connectivity index (χ1v) is 10.8. The number of para-hydroxylation sites is 1. The van der Waals surface area contributed by atoms with E-state index in [0.29, 0.717) is 0 Å². The highest BCUT2D eigenvalue weighted by molar-refractivity contribution is 7.87. The minimum Gasteiger partial charge on any atom is -0.508 e. The van der Waals surface area contributed by atoms with Crippen LogP contribution >= 0.6 is 46.4 Å². The number of halogens is 4. The molecule has 3 rings (SSSR count). The quantitative estimate of drug-likeness (QED) is 0.311. The van der Waals surface area contributed by atoms with Crippen molar-refractivity contribution in [3.63, 3.8) is 0 Å². The van der Waals surface area contributed by atoms with Crippen LogP contribution in [0.3, 0.4) is 0 Å². The molecule has 0 aliphatic heterocycles. The van der Waals surface area contributed by atoms with Crippen LogP contribution in [0, 0.1) is 0 Å². The third-order valence-corrected chi connectivity index (χ3v) is 7.17. The van der Waals surface area contributed by atoms with Crippen LogP contribution in [0.5, 0.6) is 11.5 Å². The molecule has 1 atom stereocenters. The Balaban J connectivity index is 2.68. The lowest BCUT2D eigenvalue weighted by atomic mass is 9.83. The van der Waals surface area contributed by atoms with Crippen molar-refractivity contribution in [2.75, 3.05) is 0 Å². The Hall–Kier alpha value is -1.67. The summed E-state index contributed by atoms with van der Waals surface area (Å²) in [6.45, 7) is 0. The summed E-state index contributed by atoms with van der Waals surface area (Å²) in [7, 11) is -5.16. The minimum absolute atomic E-state index is 0.0918. The van der Waals surface area contributed by atoms with Gasteiger partial charge in [-0.3, -0.25) is 4.55 Å². The van der Waals surface area contributed by atoms with Crippen LogP contribution in [-0.2, 0) is 14.9 Å². The maximum absolute atomic E-state index is 13.0. The molecule has 1 unspecified atom stereocenters. The summed E-state index contributed by atoms with van der Waals surface area (Å²) < 4.78 is 34.0. The zero-order chi connectivity index (χ0) is 21.6. The van der Waals surface area contributed by atoms with E-state index in [4.69, 9.17) is 46.4 Å². The van der Waals surface area contributed by atoms with Crippen LogP contribution in [0.25, 0.3) is 0 Å². The Morgan fingerprint density at radius 2 is 1.41 bits per heavy atom. The number of hydrogen-bond donors (Lipinski definition) is 3. The Bertz CT molecular complexity index is 1210. The molecule has 0 amide bonds. The fourth-order valence-electron chi connectivity index (χ4n) is 3.22. The highest BCUT2D eigenvalue weighted by atomic mass is 35.5. The maximum atomic E-state index is 13.0. The van der Waals surface area contributed by atoms with Crippen molar-refractivity contribution in [2.45, 2.75) is 4.75 Å². The van der Waals surface area contributed by atoms with Gasteiger partial charge in [0.25, 0.3) is 10.1 Å². The van der Waals surface area contributed by atoms with E-state index in [1.165, 1.54) is 42.5 Å². The van der Waals surface area contributed by atoms with Gasteiger partial charge in [0.15, 0.2) is 4.75 Å². The molecule has 0 aliphatic rings. The molecule has 152 valence electrons. The molecule has 0 saturated heterocycles. The lowest BCUT2D eigenvalue weighted by Gasteiger charge is -2.34. The molecule has 29 heavy (non-hydrogen) atoms. The van der Waals surface area contributed by atoms with Gasteiger partial charge in [0.1, 0.15) is 11.5 Å². The lowest BCUT2D eigenvalue weighted by molar-refractivity contribution is 0.439. The summed E-state index contributed by atoms with van der Waals surface area (Å²) in [5, 5.41) is 20.2. The molecule has 5 nitrogen and oxygen atoms in total. The van der Waals surface area contributed by atoms with Gasteiger partial charge in [-0.05, 0) is 30.3 Å². The van der Waals surface area contributed by atoms with E-state index < -0.39 is 26.4 Å². The number of phenolic OH excluding ortho intramolecular Hbond substituents is 2. The Morgan fingerprint density at radius 1 is 0.759 bits per heavy atom. The Kier molecular flexibility index (Phi) is 5.98. The standard InChI is InChI=1S/C19H12Cl4O5S/c20-10-5-6-15(21)13(7-10)19(29(26,27)28,12-3-1-2-4-17(12)25)14-8-11(24)9-16(22)18(14)23/h1-9,24-25H,(H,26,27,28). The third kappa shape index (κ3) is 3.65. The Labute approximate surface area is 186 Å². The molecule has 0 saturated carbocycles. The molecule has 10 heteroatoms. The van der Waals surface area contributed by atoms with Gasteiger partial charge in [-0.2, -0.15) is 8.42 Å². The van der Waals surface area contributed by atoms with E-state index in [-0.39, 0.29) is 36.8 Å². The van der Waals surface area contributed by atoms with Gasteiger partial charge in [-0.1, -0.05) is 64.6 Å². The van der Waals surface area contributed by atoms with E-state index in [9.17, 15) is 23.2 Å². The van der Waals surface area contributed by atoms with Gasteiger partial charge in [-0.15, -0.1) is 0 Å². The largest absolute Gasteiger partial charge is 0.508 e. The average Bonchev–Trinajstić information content (AvgIpc) is 2.62. The average molecular weight is 494 g/mol. The molecule has 0 aliphatic carbocycles. The number of aromatic hydroxyl groups is 2. The van der Waals surface area contributed by atoms with E-state index in [2.05, 4.69) is 0 Å². The van der Waals surface area contributed by atoms with Gasteiger partial charge < -0.3 is 10.2 Å². The van der Waals surface area contributed by atoms with E-state index in [0.717, 1.165) is 12.1 Å². The second kappa shape index (κ2) is 7.87. The van der Waals surface area contributed by atoms with Crippen molar-refractivity contribution in [3.8, 4) is 11.5 Å². The van der Waals surface area contributed by atoms with Crippen molar-refractivity contribution in [1.82, 2.24) is 0 Å². The summed E-state index contributed by atoms with van der Waals surface area (Å²) in [5.74, 6) is -0.896. The molecule has 3 N–H and O–H groups in total. The molecular weight excluding hydrogens is 482 g/mol. The molecule has 0 bridgehead atoms. The predicted octanol–water partition coefficient (Wildman–Crippen LogP) is 5.89. The third-order valence-electron chi connectivity index (χ3n) is 4.37. The lowest BCUT2D eigenvalue weighted by Crippen LogP contribution is -2.39. The predicted molar refractivity (Wildman–Crippen MR) is 114 cm³/mol. The smallest absolute Gasteiger partial charge is 0.283 e. The number of benzene rings is 3. The Morgan fingerprint density at radius 3 is 2.03 bits per heavy atom. The van der Waals surface area contributed by atoms with E-state index in [1.807, 2.05) is 0 Å². The fraction of sp³-hybridized carbons (Fsp3) is 0.0526. The summed E-state index contributed by atoms with van der Waals surface area (Å²) in [5.41, 5.74) is -0.785. The van der Waals surface area contributed by atoms with Crippen LogP contribution in [0.4, 0.5) is 0 Å². The first kappa shape index (κ1) is 22.0. The van der Waals surface area contributed by atoms with Gasteiger partial charge in [-0.25, -0.2) is 0 Å². The highest BCUT2D eigenvalue weighted by Crippen LogP contribution is 2.53. The minimum atomic E-state index is -5.16. The zero-order valence-corrected chi connectivity index (χ0v) is 18.1. The zero-order valence-electron chi connectivity index (χ0n) is 14.3. The monoisotopic (exact) mass is 492 g/mol. The van der Waals surface area contributed by atoms with Gasteiger partial charge in [0.05, 0.1) is 10.0 Å². The SMILES string of the molecule is O=S(=O)(O)C(c1ccccc1O)(c1cc(Cl)ccc1Cl)c1cc(O)cc(Cl)c1Cl. The van der Waals surface area contributed by atoms with Crippen LogP contribution in [0.15, 0.2) is 54.6 Å². The van der Waals surface area contributed by atoms with Crippen molar-refractivity contribution in [1.29, 1.82) is 0 Å². The molecule has 0 aromatic heterocycles. The highest BCUT2D eigenvalue weighted by Gasteiger charge is 2.52. The molecule has 0 spiro atoms. The van der Waals surface area contributed by atoms with E-state index >= 15 is 0 Å². The van der Waals surface area contributed by atoms with Crippen molar-refractivity contribution in [2.24, 2.45) is 0 Å². The number of rotatable bonds is 4. The summed E-state index contributed by atoms with van der Waals surface area (Å²) >= 11 is 24.8. The normalized spacial score (nSPS) is 13.8. The molecular formula is C19H12Cl4O5S. The van der Waals surface area contributed by atoms with Crippen molar-refractivity contribution >= 4 is 56.5 Å². The topological polar surface area (TPSA) is 94.8 Å². The number of phenols is 2. The van der Waals surface area contributed by atoms with Crippen LogP contribution in [-0.4, -0.2) is 23.2 Å². The second-order valence-electron chi connectivity index (χ2n) is 6.09. The first-order chi connectivity index (χ1) is 13.5.